The summed E-state index contributed by atoms with van der Waals surface area (Å²) in [4.78, 5) is 16.8. The van der Waals surface area contributed by atoms with Crippen LogP contribution in [0.2, 0.25) is 0 Å². The maximum atomic E-state index is 12.6. The summed E-state index contributed by atoms with van der Waals surface area (Å²) in [6, 6.07) is 17.4. The number of ketones is 1. The quantitative estimate of drug-likeness (QED) is 0.645. The monoisotopic (exact) mass is 247 g/mol. The summed E-state index contributed by atoms with van der Waals surface area (Å²) in [5, 5.41) is 2.04. The average Bonchev–Trinajstić information content (AvgIpc) is 2.46. The van der Waals surface area contributed by atoms with Gasteiger partial charge in [0.05, 0.1) is 0 Å². The van der Waals surface area contributed by atoms with Gasteiger partial charge in [-0.15, -0.1) is 0 Å². The van der Waals surface area contributed by atoms with Gasteiger partial charge in [0, 0.05) is 11.8 Å². The summed E-state index contributed by atoms with van der Waals surface area (Å²) in [6.07, 6.45) is 1.66. The Kier molecular flexibility index (Phi) is 2.84. The molecule has 0 unspecified atom stereocenters. The normalized spacial score (nSPS) is 10.6. The number of carbonyl (C=O) groups excluding carboxylic acids is 1. The molecule has 2 aromatic carbocycles. The highest BCUT2D eigenvalue weighted by Crippen LogP contribution is 2.21. The molecule has 0 amide bonds. The topological polar surface area (TPSA) is 30.0 Å². The molecule has 3 rings (SSSR count). The fourth-order valence-electron chi connectivity index (χ4n) is 2.27. The third-order valence-corrected chi connectivity index (χ3v) is 3.26. The molecule has 0 saturated carbocycles. The zero-order valence-electron chi connectivity index (χ0n) is 10.6. The molecule has 0 radical (unpaired) electrons. The van der Waals surface area contributed by atoms with E-state index in [1.54, 1.807) is 6.20 Å². The molecule has 92 valence electrons. The molecule has 2 nitrogen and oxygen atoms in total. The van der Waals surface area contributed by atoms with Gasteiger partial charge in [0.1, 0.15) is 5.69 Å². The number of hydrogen-bond donors (Lipinski definition) is 0. The molecule has 2 heteroatoms. The van der Waals surface area contributed by atoms with Crippen molar-refractivity contribution in [1.29, 1.82) is 0 Å². The smallest absolute Gasteiger partial charge is 0.212 e. The second-order valence-electron chi connectivity index (χ2n) is 4.52. The fraction of sp³-hybridized carbons (Fsp3) is 0.0588. The highest BCUT2D eigenvalue weighted by atomic mass is 16.1. The zero-order valence-corrected chi connectivity index (χ0v) is 10.6. The lowest BCUT2D eigenvalue weighted by Gasteiger charge is -2.07. The molecule has 19 heavy (non-hydrogen) atoms. The molecule has 0 fully saturated rings. The van der Waals surface area contributed by atoms with Gasteiger partial charge < -0.3 is 0 Å². The van der Waals surface area contributed by atoms with Gasteiger partial charge in [0.15, 0.2) is 0 Å². The van der Waals surface area contributed by atoms with Crippen molar-refractivity contribution in [2.75, 3.05) is 0 Å². The molecule has 3 aromatic rings. The maximum Gasteiger partial charge on any atom is 0.212 e. The van der Waals surface area contributed by atoms with Crippen molar-refractivity contribution >= 4 is 16.6 Å². The number of nitrogens with zero attached hydrogens (tertiary/aromatic N) is 1. The highest BCUT2D eigenvalue weighted by Gasteiger charge is 2.15. The van der Waals surface area contributed by atoms with Crippen LogP contribution < -0.4 is 0 Å². The molecule has 0 spiro atoms. The average molecular weight is 247 g/mol. The van der Waals surface area contributed by atoms with Crippen molar-refractivity contribution in [1.82, 2.24) is 4.98 Å². The van der Waals surface area contributed by atoms with Gasteiger partial charge in [-0.3, -0.25) is 9.78 Å². The van der Waals surface area contributed by atoms with Crippen LogP contribution in [-0.2, 0) is 0 Å². The van der Waals surface area contributed by atoms with Crippen LogP contribution >= 0.6 is 0 Å². The first-order chi connectivity index (χ1) is 9.27. The van der Waals surface area contributed by atoms with Crippen LogP contribution in [0.5, 0.6) is 0 Å². The van der Waals surface area contributed by atoms with Crippen LogP contribution in [0.1, 0.15) is 21.6 Å². The van der Waals surface area contributed by atoms with Gasteiger partial charge >= 0.3 is 0 Å². The molecule has 0 bridgehead atoms. The Bertz CT molecular complexity index is 757. The third-order valence-electron chi connectivity index (χ3n) is 3.26. The minimum absolute atomic E-state index is 0.0186. The second kappa shape index (κ2) is 4.65. The SMILES string of the molecule is Cc1cccnc1C(=O)c1cccc2ccccc12. The number of hydrogen-bond acceptors (Lipinski definition) is 2. The molecule has 0 saturated heterocycles. The van der Waals surface area contributed by atoms with Crippen molar-refractivity contribution in [3.05, 3.63) is 77.6 Å². The molecule has 0 N–H and O–H groups in total. The van der Waals surface area contributed by atoms with Crippen molar-refractivity contribution in [2.24, 2.45) is 0 Å². The second-order valence-corrected chi connectivity index (χ2v) is 4.52. The lowest BCUT2D eigenvalue weighted by Crippen LogP contribution is -2.06. The van der Waals surface area contributed by atoms with Crippen molar-refractivity contribution < 1.29 is 4.79 Å². The molecule has 0 aliphatic heterocycles. The molecule has 1 aromatic heterocycles. The minimum Gasteiger partial charge on any atom is -0.287 e. The van der Waals surface area contributed by atoms with E-state index in [1.165, 1.54) is 0 Å². The van der Waals surface area contributed by atoms with Gasteiger partial charge in [-0.2, -0.15) is 0 Å². The predicted molar refractivity (Wildman–Crippen MR) is 76.4 cm³/mol. The Morgan fingerprint density at radius 2 is 1.74 bits per heavy atom. The zero-order chi connectivity index (χ0) is 13.2. The molecular formula is C17H13NO. The third kappa shape index (κ3) is 2.02. The van der Waals surface area contributed by atoms with E-state index in [4.69, 9.17) is 0 Å². The first-order valence-electron chi connectivity index (χ1n) is 6.21. The summed E-state index contributed by atoms with van der Waals surface area (Å²) in [5.41, 5.74) is 2.14. The van der Waals surface area contributed by atoms with Gasteiger partial charge in [-0.25, -0.2) is 0 Å². The number of benzene rings is 2. The van der Waals surface area contributed by atoms with Crippen molar-refractivity contribution in [2.45, 2.75) is 6.92 Å². The van der Waals surface area contributed by atoms with Gasteiger partial charge in [0.25, 0.3) is 0 Å². The number of fused-ring (bicyclic) bond motifs is 1. The predicted octanol–water partition coefficient (Wildman–Crippen LogP) is 3.77. The standard InChI is InChI=1S/C17H13NO/c1-12-6-5-11-18-16(12)17(19)15-10-4-8-13-7-2-3-9-14(13)15/h2-11H,1H3. The Morgan fingerprint density at radius 1 is 0.947 bits per heavy atom. The Balaban J connectivity index is 2.20. The van der Waals surface area contributed by atoms with E-state index in [0.717, 1.165) is 16.3 Å². The number of pyridine rings is 1. The first kappa shape index (κ1) is 11.6. The van der Waals surface area contributed by atoms with Gasteiger partial charge in [-0.05, 0) is 29.3 Å². The van der Waals surface area contributed by atoms with Crippen LogP contribution in [0.3, 0.4) is 0 Å². The Labute approximate surface area is 111 Å². The molecule has 0 aliphatic carbocycles. The van der Waals surface area contributed by atoms with E-state index < -0.39 is 0 Å². The molecular weight excluding hydrogens is 234 g/mol. The van der Waals surface area contributed by atoms with E-state index in [1.807, 2.05) is 61.5 Å². The summed E-state index contributed by atoms with van der Waals surface area (Å²) < 4.78 is 0. The summed E-state index contributed by atoms with van der Waals surface area (Å²) in [6.45, 7) is 1.91. The number of aryl methyl sites for hydroxylation is 1. The maximum absolute atomic E-state index is 12.6. The van der Waals surface area contributed by atoms with Crippen LogP contribution in [0.25, 0.3) is 10.8 Å². The Hall–Kier alpha value is -2.48. The lowest BCUT2D eigenvalue weighted by molar-refractivity contribution is 0.103. The highest BCUT2D eigenvalue weighted by molar-refractivity contribution is 6.16. The molecule has 1 heterocycles. The number of rotatable bonds is 2. The molecule has 0 atom stereocenters. The van der Waals surface area contributed by atoms with Crippen molar-refractivity contribution in [3.8, 4) is 0 Å². The van der Waals surface area contributed by atoms with Crippen molar-refractivity contribution in [3.63, 3.8) is 0 Å². The van der Waals surface area contributed by atoms with Gasteiger partial charge in [0.2, 0.25) is 5.78 Å². The largest absolute Gasteiger partial charge is 0.287 e. The lowest BCUT2D eigenvalue weighted by atomic mass is 9.98. The number of carbonyl (C=O) groups is 1. The van der Waals surface area contributed by atoms with E-state index in [-0.39, 0.29) is 5.78 Å². The number of aromatic nitrogens is 1. The molecule has 0 aliphatic rings. The van der Waals surface area contributed by atoms with E-state index in [9.17, 15) is 4.79 Å². The van der Waals surface area contributed by atoms with Crippen LogP contribution in [0.15, 0.2) is 60.8 Å². The van der Waals surface area contributed by atoms with E-state index in [2.05, 4.69) is 4.98 Å². The van der Waals surface area contributed by atoms with E-state index in [0.29, 0.717) is 11.3 Å². The van der Waals surface area contributed by atoms with Crippen LogP contribution in [0.4, 0.5) is 0 Å². The first-order valence-corrected chi connectivity index (χ1v) is 6.21. The van der Waals surface area contributed by atoms with Crippen LogP contribution in [0, 0.1) is 6.92 Å². The van der Waals surface area contributed by atoms with Gasteiger partial charge in [-0.1, -0.05) is 48.5 Å². The van der Waals surface area contributed by atoms with E-state index >= 15 is 0 Å². The fourth-order valence-corrected chi connectivity index (χ4v) is 2.27. The summed E-state index contributed by atoms with van der Waals surface area (Å²) in [5.74, 6) is -0.0186. The Morgan fingerprint density at radius 3 is 2.58 bits per heavy atom. The minimum atomic E-state index is -0.0186. The summed E-state index contributed by atoms with van der Waals surface area (Å²) in [7, 11) is 0. The summed E-state index contributed by atoms with van der Waals surface area (Å²) >= 11 is 0. The van der Waals surface area contributed by atoms with Crippen LogP contribution in [-0.4, -0.2) is 10.8 Å².